The second kappa shape index (κ2) is 7.99. The Labute approximate surface area is 118 Å². The molecule has 0 aliphatic rings. The first kappa shape index (κ1) is 15.8. The van der Waals surface area contributed by atoms with Gasteiger partial charge in [0.15, 0.2) is 0 Å². The number of carbonyl (C=O) groups excluding carboxylic acids is 2. The van der Waals surface area contributed by atoms with Gasteiger partial charge in [-0.25, -0.2) is 9.59 Å². The van der Waals surface area contributed by atoms with Crippen LogP contribution in [-0.2, 0) is 19.1 Å². The summed E-state index contributed by atoms with van der Waals surface area (Å²) in [6.45, 7) is 2.67. The first-order chi connectivity index (χ1) is 9.62. The molecule has 5 heteroatoms. The van der Waals surface area contributed by atoms with Crippen molar-refractivity contribution in [2.75, 3.05) is 20.8 Å². The molecule has 0 spiro atoms. The van der Waals surface area contributed by atoms with Crippen molar-refractivity contribution >= 4 is 18.0 Å². The van der Waals surface area contributed by atoms with Crippen LogP contribution in [0.25, 0.3) is 6.08 Å². The van der Waals surface area contributed by atoms with Crippen LogP contribution in [0.3, 0.4) is 0 Å². The molecular weight excluding hydrogens is 260 g/mol. The maximum atomic E-state index is 11.5. The molecular formula is C15H18O5. The Morgan fingerprint density at radius 2 is 1.60 bits per heavy atom. The Hall–Kier alpha value is -2.30. The summed E-state index contributed by atoms with van der Waals surface area (Å²) in [6, 6.07) is 7.04. The van der Waals surface area contributed by atoms with Crippen molar-refractivity contribution < 1.29 is 23.8 Å². The molecule has 0 unspecified atom stereocenters. The van der Waals surface area contributed by atoms with Crippen LogP contribution in [0.15, 0.2) is 29.8 Å². The van der Waals surface area contributed by atoms with Crippen molar-refractivity contribution in [3.63, 3.8) is 0 Å². The zero-order valence-electron chi connectivity index (χ0n) is 11.8. The summed E-state index contributed by atoms with van der Waals surface area (Å²) in [7, 11) is 2.42. The fourth-order valence-corrected chi connectivity index (χ4v) is 1.47. The van der Waals surface area contributed by atoms with E-state index in [1.54, 1.807) is 24.3 Å². The topological polar surface area (TPSA) is 61.8 Å². The average Bonchev–Trinajstić information content (AvgIpc) is 2.50. The van der Waals surface area contributed by atoms with Crippen LogP contribution in [0.1, 0.15) is 18.9 Å². The maximum absolute atomic E-state index is 11.5. The van der Waals surface area contributed by atoms with E-state index >= 15 is 0 Å². The SMILES string of the molecule is CCCOc1ccc(C=C(C(=O)OC)C(=O)OC)cc1. The highest BCUT2D eigenvalue weighted by Gasteiger charge is 2.19. The molecule has 20 heavy (non-hydrogen) atoms. The van der Waals surface area contributed by atoms with E-state index in [1.165, 1.54) is 20.3 Å². The molecule has 0 aliphatic heterocycles. The number of rotatable bonds is 6. The number of ether oxygens (including phenoxy) is 3. The Kier molecular flexibility index (Phi) is 6.29. The lowest BCUT2D eigenvalue weighted by molar-refractivity contribution is -0.143. The third-order valence-corrected chi connectivity index (χ3v) is 2.47. The first-order valence-electron chi connectivity index (χ1n) is 6.23. The first-order valence-corrected chi connectivity index (χ1v) is 6.23. The highest BCUT2D eigenvalue weighted by atomic mass is 16.5. The third-order valence-electron chi connectivity index (χ3n) is 2.47. The standard InChI is InChI=1S/C15H18O5/c1-4-9-20-12-7-5-11(6-8-12)10-13(14(16)18-2)15(17)19-3/h5-8,10H,4,9H2,1-3H3. The van der Waals surface area contributed by atoms with Gasteiger partial charge in [-0.05, 0) is 30.2 Å². The summed E-state index contributed by atoms with van der Waals surface area (Å²) >= 11 is 0. The molecule has 0 aromatic heterocycles. The van der Waals surface area contributed by atoms with Crippen LogP contribution < -0.4 is 4.74 Å². The maximum Gasteiger partial charge on any atom is 0.345 e. The molecule has 0 radical (unpaired) electrons. The van der Waals surface area contributed by atoms with Gasteiger partial charge in [-0.1, -0.05) is 19.1 Å². The van der Waals surface area contributed by atoms with E-state index in [0.717, 1.165) is 12.2 Å². The van der Waals surface area contributed by atoms with Gasteiger partial charge in [-0.2, -0.15) is 0 Å². The molecule has 1 aromatic rings. The van der Waals surface area contributed by atoms with Crippen molar-refractivity contribution in [2.24, 2.45) is 0 Å². The molecule has 1 aromatic carbocycles. The van der Waals surface area contributed by atoms with Gasteiger partial charge in [-0.15, -0.1) is 0 Å². The molecule has 0 saturated carbocycles. The van der Waals surface area contributed by atoms with Gasteiger partial charge in [0, 0.05) is 0 Å². The number of carbonyl (C=O) groups is 2. The number of benzene rings is 1. The van der Waals surface area contributed by atoms with E-state index in [-0.39, 0.29) is 5.57 Å². The van der Waals surface area contributed by atoms with Crippen molar-refractivity contribution in [1.29, 1.82) is 0 Å². The Bertz CT molecular complexity index is 469. The lowest BCUT2D eigenvalue weighted by Crippen LogP contribution is -2.15. The summed E-state index contributed by atoms with van der Waals surface area (Å²) in [4.78, 5) is 23.0. The van der Waals surface area contributed by atoms with Gasteiger partial charge < -0.3 is 14.2 Å². The predicted molar refractivity (Wildman–Crippen MR) is 74.2 cm³/mol. The fraction of sp³-hybridized carbons (Fsp3) is 0.333. The highest BCUT2D eigenvalue weighted by molar-refractivity contribution is 6.17. The van der Waals surface area contributed by atoms with E-state index in [9.17, 15) is 9.59 Å². The summed E-state index contributed by atoms with van der Waals surface area (Å²) in [5.41, 5.74) is 0.525. The molecule has 0 fully saturated rings. The second-order valence-corrected chi connectivity index (χ2v) is 3.96. The van der Waals surface area contributed by atoms with Gasteiger partial charge in [-0.3, -0.25) is 0 Å². The lowest BCUT2D eigenvalue weighted by atomic mass is 10.1. The number of hydrogen-bond acceptors (Lipinski definition) is 5. The minimum absolute atomic E-state index is 0.155. The number of esters is 2. The lowest BCUT2D eigenvalue weighted by Gasteiger charge is -2.05. The molecule has 0 amide bonds. The Morgan fingerprint density at radius 3 is 2.05 bits per heavy atom. The number of methoxy groups -OCH3 is 2. The van der Waals surface area contributed by atoms with Gasteiger partial charge in [0.25, 0.3) is 0 Å². The van der Waals surface area contributed by atoms with E-state index in [0.29, 0.717) is 12.2 Å². The number of hydrogen-bond donors (Lipinski definition) is 0. The second-order valence-electron chi connectivity index (χ2n) is 3.96. The van der Waals surface area contributed by atoms with Crippen molar-refractivity contribution in [2.45, 2.75) is 13.3 Å². The average molecular weight is 278 g/mol. The molecule has 0 saturated heterocycles. The van der Waals surface area contributed by atoms with Gasteiger partial charge in [0.05, 0.1) is 20.8 Å². The summed E-state index contributed by atoms with van der Waals surface area (Å²) in [5, 5.41) is 0. The zero-order chi connectivity index (χ0) is 15.0. The molecule has 0 aliphatic carbocycles. The van der Waals surface area contributed by atoms with E-state index in [2.05, 4.69) is 9.47 Å². The summed E-state index contributed by atoms with van der Waals surface area (Å²) < 4.78 is 14.6. The summed E-state index contributed by atoms with van der Waals surface area (Å²) in [6.07, 6.45) is 2.34. The molecule has 1 rings (SSSR count). The van der Waals surface area contributed by atoms with E-state index in [4.69, 9.17) is 4.74 Å². The van der Waals surface area contributed by atoms with Gasteiger partial charge >= 0.3 is 11.9 Å². The monoisotopic (exact) mass is 278 g/mol. The molecule has 0 atom stereocenters. The molecule has 0 heterocycles. The normalized spacial score (nSPS) is 9.55. The molecule has 0 N–H and O–H groups in total. The van der Waals surface area contributed by atoms with E-state index < -0.39 is 11.9 Å². The molecule has 108 valence electrons. The predicted octanol–water partition coefficient (Wildman–Crippen LogP) is 2.20. The zero-order valence-corrected chi connectivity index (χ0v) is 11.8. The molecule has 0 bridgehead atoms. The largest absolute Gasteiger partial charge is 0.494 e. The minimum Gasteiger partial charge on any atom is -0.494 e. The van der Waals surface area contributed by atoms with Crippen molar-refractivity contribution in [3.8, 4) is 5.75 Å². The quantitative estimate of drug-likeness (QED) is 0.345. The smallest absolute Gasteiger partial charge is 0.345 e. The van der Waals surface area contributed by atoms with Gasteiger partial charge in [0.1, 0.15) is 11.3 Å². The van der Waals surface area contributed by atoms with Crippen molar-refractivity contribution in [3.05, 3.63) is 35.4 Å². The van der Waals surface area contributed by atoms with Crippen molar-refractivity contribution in [1.82, 2.24) is 0 Å². The Balaban J connectivity index is 2.93. The van der Waals surface area contributed by atoms with Gasteiger partial charge in [0.2, 0.25) is 0 Å². The van der Waals surface area contributed by atoms with E-state index in [1.807, 2.05) is 6.92 Å². The fourth-order valence-electron chi connectivity index (χ4n) is 1.47. The van der Waals surface area contributed by atoms with Crippen LogP contribution in [0.2, 0.25) is 0 Å². The van der Waals surface area contributed by atoms with Crippen LogP contribution >= 0.6 is 0 Å². The van der Waals surface area contributed by atoms with Crippen LogP contribution in [-0.4, -0.2) is 32.8 Å². The molecule has 5 nitrogen and oxygen atoms in total. The van der Waals surface area contributed by atoms with Crippen LogP contribution in [0, 0.1) is 0 Å². The highest BCUT2D eigenvalue weighted by Crippen LogP contribution is 2.15. The Morgan fingerprint density at radius 1 is 1.05 bits per heavy atom. The third kappa shape index (κ3) is 4.42. The van der Waals surface area contributed by atoms with Crippen LogP contribution in [0.4, 0.5) is 0 Å². The summed E-state index contributed by atoms with van der Waals surface area (Å²) in [5.74, 6) is -0.729. The van der Waals surface area contributed by atoms with Crippen LogP contribution in [0.5, 0.6) is 5.75 Å². The minimum atomic E-state index is -0.733.